The Balaban J connectivity index is 1.79. The van der Waals surface area contributed by atoms with Crippen LogP contribution in [-0.4, -0.2) is 4.98 Å². The second-order valence-electron chi connectivity index (χ2n) is 4.55. The van der Waals surface area contributed by atoms with Gasteiger partial charge in [0.05, 0.1) is 21.8 Å². The maximum absolute atomic E-state index is 6.18. The molecule has 3 rings (SSSR count). The zero-order chi connectivity index (χ0) is 14.7. The number of halogens is 1. The number of rotatable bonds is 5. The summed E-state index contributed by atoms with van der Waals surface area (Å²) in [6.07, 6.45) is 0.730. The Hall–Kier alpha value is -1.24. The first kappa shape index (κ1) is 14.7. The molecule has 3 aromatic rings. The first-order valence-corrected chi connectivity index (χ1v) is 8.60. The maximum atomic E-state index is 6.18. The minimum Gasteiger partial charge on any atom is -0.271 e. The van der Waals surface area contributed by atoms with Gasteiger partial charge in [-0.1, -0.05) is 41.9 Å². The van der Waals surface area contributed by atoms with Crippen LogP contribution in [0, 0.1) is 0 Å². The van der Waals surface area contributed by atoms with E-state index in [1.165, 1.54) is 0 Å². The summed E-state index contributed by atoms with van der Waals surface area (Å²) < 4.78 is 0. The van der Waals surface area contributed by atoms with Crippen molar-refractivity contribution in [1.82, 2.24) is 10.4 Å². The first-order valence-electron chi connectivity index (χ1n) is 6.47. The second-order valence-corrected chi connectivity index (χ2v) is 6.85. The first-order chi connectivity index (χ1) is 10.3. The van der Waals surface area contributed by atoms with Crippen molar-refractivity contribution in [2.45, 2.75) is 12.5 Å². The highest BCUT2D eigenvalue weighted by molar-refractivity contribution is 7.11. The second kappa shape index (κ2) is 6.68. The van der Waals surface area contributed by atoms with Crippen molar-refractivity contribution in [1.29, 1.82) is 0 Å². The Morgan fingerprint density at radius 3 is 2.67 bits per heavy atom. The molecule has 3 N–H and O–H groups in total. The molecule has 21 heavy (non-hydrogen) atoms. The highest BCUT2D eigenvalue weighted by atomic mass is 35.5. The van der Waals surface area contributed by atoms with Crippen LogP contribution in [0.3, 0.4) is 0 Å². The number of nitrogens with zero attached hydrogens (tertiary/aromatic N) is 1. The molecule has 1 aromatic carbocycles. The average Bonchev–Trinajstić information content (AvgIpc) is 3.15. The van der Waals surface area contributed by atoms with Gasteiger partial charge in [-0.3, -0.25) is 11.3 Å². The molecule has 108 valence electrons. The molecule has 2 aromatic heterocycles. The van der Waals surface area contributed by atoms with Gasteiger partial charge in [-0.25, -0.2) is 4.98 Å². The van der Waals surface area contributed by atoms with Crippen LogP contribution in [0.5, 0.6) is 0 Å². The molecule has 2 heterocycles. The summed E-state index contributed by atoms with van der Waals surface area (Å²) in [7, 11) is 0. The molecular formula is C15H14ClN3S2. The van der Waals surface area contributed by atoms with Crippen molar-refractivity contribution in [3.63, 3.8) is 0 Å². The van der Waals surface area contributed by atoms with Crippen LogP contribution >= 0.6 is 34.3 Å². The number of thiazole rings is 1. The molecule has 1 atom stereocenters. The van der Waals surface area contributed by atoms with Gasteiger partial charge >= 0.3 is 0 Å². The Morgan fingerprint density at radius 1 is 1.19 bits per heavy atom. The van der Waals surface area contributed by atoms with Gasteiger partial charge in [0.2, 0.25) is 0 Å². The summed E-state index contributed by atoms with van der Waals surface area (Å²) in [5.41, 5.74) is 4.97. The Morgan fingerprint density at radius 2 is 2.00 bits per heavy atom. The van der Waals surface area contributed by atoms with Crippen molar-refractivity contribution in [2.75, 3.05) is 0 Å². The van der Waals surface area contributed by atoms with Crippen molar-refractivity contribution < 1.29 is 0 Å². The minimum atomic E-state index is -0.00715. The molecule has 0 saturated heterocycles. The third-order valence-corrected chi connectivity index (χ3v) is 5.51. The Labute approximate surface area is 136 Å². The number of nitrogens with two attached hydrogens (primary N) is 1. The third kappa shape index (κ3) is 3.33. The molecule has 3 nitrogen and oxygen atoms in total. The molecular weight excluding hydrogens is 322 g/mol. The number of hydrazine groups is 1. The van der Waals surface area contributed by atoms with Gasteiger partial charge in [-0.05, 0) is 11.4 Å². The highest BCUT2D eigenvalue weighted by Gasteiger charge is 2.17. The van der Waals surface area contributed by atoms with Crippen LogP contribution in [-0.2, 0) is 6.42 Å². The molecule has 0 saturated carbocycles. The van der Waals surface area contributed by atoms with Gasteiger partial charge in [0.15, 0.2) is 0 Å². The molecule has 0 aliphatic rings. The largest absolute Gasteiger partial charge is 0.271 e. The standard InChI is InChI=1S/C15H14ClN3S2/c16-11-6-7-20-15(11)12(19-17)8-14-18-13(9-21-14)10-4-2-1-3-5-10/h1-7,9,12,19H,8,17H2. The van der Waals surface area contributed by atoms with E-state index in [1.807, 2.05) is 29.6 Å². The van der Waals surface area contributed by atoms with Crippen LogP contribution in [0.25, 0.3) is 11.3 Å². The fourth-order valence-corrected chi connectivity index (χ4v) is 4.20. The normalized spacial score (nSPS) is 12.5. The average molecular weight is 336 g/mol. The van der Waals surface area contributed by atoms with Crippen molar-refractivity contribution in [3.05, 3.63) is 62.1 Å². The lowest BCUT2D eigenvalue weighted by molar-refractivity contribution is 0.559. The minimum absolute atomic E-state index is 0.00715. The lowest BCUT2D eigenvalue weighted by Gasteiger charge is -2.13. The van der Waals surface area contributed by atoms with E-state index < -0.39 is 0 Å². The smallest absolute Gasteiger partial charge is 0.0952 e. The zero-order valence-electron chi connectivity index (χ0n) is 11.1. The molecule has 0 amide bonds. The molecule has 1 unspecified atom stereocenters. The van der Waals surface area contributed by atoms with Gasteiger partial charge in [0.25, 0.3) is 0 Å². The van der Waals surface area contributed by atoms with E-state index in [0.29, 0.717) is 0 Å². The van der Waals surface area contributed by atoms with E-state index >= 15 is 0 Å². The van der Waals surface area contributed by atoms with Crippen LogP contribution in [0.4, 0.5) is 0 Å². The van der Waals surface area contributed by atoms with E-state index in [1.54, 1.807) is 22.7 Å². The zero-order valence-corrected chi connectivity index (χ0v) is 13.5. The lowest BCUT2D eigenvalue weighted by atomic mass is 10.1. The van der Waals surface area contributed by atoms with Crippen molar-refractivity contribution in [3.8, 4) is 11.3 Å². The Kier molecular flexibility index (Phi) is 4.67. The van der Waals surface area contributed by atoms with E-state index in [4.69, 9.17) is 22.4 Å². The number of aromatic nitrogens is 1. The van der Waals surface area contributed by atoms with Gasteiger partial charge in [0.1, 0.15) is 0 Å². The molecule has 0 radical (unpaired) electrons. The third-order valence-electron chi connectivity index (χ3n) is 3.16. The summed E-state index contributed by atoms with van der Waals surface area (Å²) >= 11 is 9.43. The monoisotopic (exact) mass is 335 g/mol. The number of nitrogens with one attached hydrogen (secondary N) is 1. The Bertz CT molecular complexity index is 709. The molecule has 0 spiro atoms. The fourth-order valence-electron chi connectivity index (χ4n) is 2.10. The summed E-state index contributed by atoms with van der Waals surface area (Å²) in [6.45, 7) is 0. The predicted octanol–water partition coefficient (Wildman–Crippen LogP) is 4.27. The summed E-state index contributed by atoms with van der Waals surface area (Å²) in [5.74, 6) is 5.67. The fraction of sp³-hybridized carbons (Fsp3) is 0.133. The van der Waals surface area contributed by atoms with Gasteiger partial charge in [-0.2, -0.15) is 0 Å². The van der Waals surface area contributed by atoms with Crippen LogP contribution < -0.4 is 11.3 Å². The van der Waals surface area contributed by atoms with Crippen LogP contribution in [0.1, 0.15) is 15.9 Å². The van der Waals surface area contributed by atoms with Gasteiger partial charge in [-0.15, -0.1) is 22.7 Å². The summed E-state index contributed by atoms with van der Waals surface area (Å²) in [5, 5.41) is 5.84. The van der Waals surface area contributed by atoms with Gasteiger partial charge < -0.3 is 0 Å². The summed E-state index contributed by atoms with van der Waals surface area (Å²) in [6, 6.07) is 12.1. The van der Waals surface area contributed by atoms with E-state index in [0.717, 1.165) is 32.6 Å². The quantitative estimate of drug-likeness (QED) is 0.540. The maximum Gasteiger partial charge on any atom is 0.0952 e. The van der Waals surface area contributed by atoms with Crippen LogP contribution in [0.2, 0.25) is 5.02 Å². The van der Waals surface area contributed by atoms with Crippen LogP contribution in [0.15, 0.2) is 47.2 Å². The lowest BCUT2D eigenvalue weighted by Crippen LogP contribution is -2.29. The molecule has 6 heteroatoms. The van der Waals surface area contributed by atoms with E-state index in [-0.39, 0.29) is 6.04 Å². The number of hydrogen-bond donors (Lipinski definition) is 2. The molecule has 0 aliphatic carbocycles. The van der Waals surface area contributed by atoms with Gasteiger partial charge in [0, 0.05) is 22.2 Å². The molecule has 0 fully saturated rings. The predicted molar refractivity (Wildman–Crippen MR) is 90.6 cm³/mol. The van der Waals surface area contributed by atoms with Crippen molar-refractivity contribution >= 4 is 34.3 Å². The number of benzene rings is 1. The SMILES string of the molecule is NNC(Cc1nc(-c2ccccc2)cs1)c1sccc1Cl. The highest BCUT2D eigenvalue weighted by Crippen LogP contribution is 2.31. The van der Waals surface area contributed by atoms with E-state index in [9.17, 15) is 0 Å². The topological polar surface area (TPSA) is 50.9 Å². The number of thiophene rings is 1. The van der Waals surface area contributed by atoms with Crippen molar-refractivity contribution in [2.24, 2.45) is 5.84 Å². The molecule has 0 aliphatic heterocycles. The number of hydrogen-bond acceptors (Lipinski definition) is 5. The molecule has 0 bridgehead atoms. The summed E-state index contributed by atoms with van der Waals surface area (Å²) in [4.78, 5) is 5.74. The van der Waals surface area contributed by atoms with E-state index in [2.05, 4.69) is 22.9 Å².